The molecule has 0 spiro atoms. The topological polar surface area (TPSA) is 3.24 Å². The molecule has 0 saturated heterocycles. The quantitative estimate of drug-likeness (QED) is 0.257. The van der Waals surface area contributed by atoms with E-state index < -0.39 is 0 Å². The molecule has 0 radical (unpaired) electrons. The van der Waals surface area contributed by atoms with Crippen molar-refractivity contribution in [3.8, 4) is 0 Å². The molecule has 0 saturated carbocycles. The zero-order valence-electron chi connectivity index (χ0n) is 11.8. The minimum Gasteiger partial charge on any atom is -0.411 e. The van der Waals surface area contributed by atoms with Gasteiger partial charge in [0.2, 0.25) is 0 Å². The monoisotopic (exact) mass is 283 g/mol. The number of thiocarbonyl (C=S) groups is 1. The third-order valence-electron chi connectivity index (χ3n) is 2.82. The molecule has 0 N–H and O–H groups in total. The Labute approximate surface area is 141 Å². The maximum atomic E-state index is 5.11. The standard InChI is InChI=1S/C13H27NS2.Na/c1-3-5-7-9-11-14(13(15)16)12-10-8-6-4-2;/h3-12H2,1-2H3,(H,15,16);/q;+1/p-1. The summed E-state index contributed by atoms with van der Waals surface area (Å²) in [5.74, 6) is 0. The van der Waals surface area contributed by atoms with Crippen LogP contribution in [0.25, 0.3) is 0 Å². The molecule has 0 aliphatic carbocycles. The van der Waals surface area contributed by atoms with E-state index >= 15 is 0 Å². The Hall–Kier alpha value is 1.11. The predicted molar refractivity (Wildman–Crippen MR) is 79.8 cm³/mol. The van der Waals surface area contributed by atoms with Crippen molar-refractivity contribution >= 4 is 29.2 Å². The fourth-order valence-electron chi connectivity index (χ4n) is 1.75. The van der Waals surface area contributed by atoms with Crippen LogP contribution in [0, 0.1) is 0 Å². The van der Waals surface area contributed by atoms with Crippen LogP contribution in [-0.2, 0) is 12.6 Å². The first-order chi connectivity index (χ1) is 7.72. The molecule has 0 fully saturated rings. The summed E-state index contributed by atoms with van der Waals surface area (Å²) in [5, 5.41) is 0. The van der Waals surface area contributed by atoms with Gasteiger partial charge in [-0.15, -0.1) is 0 Å². The van der Waals surface area contributed by atoms with Crippen LogP contribution in [0.1, 0.15) is 65.2 Å². The first kappa shape index (κ1) is 20.4. The zero-order chi connectivity index (χ0) is 12.2. The van der Waals surface area contributed by atoms with Crippen LogP contribution in [0.5, 0.6) is 0 Å². The number of rotatable bonds is 10. The van der Waals surface area contributed by atoms with E-state index in [2.05, 4.69) is 18.7 Å². The second kappa shape index (κ2) is 15.2. The van der Waals surface area contributed by atoms with Crippen molar-refractivity contribution in [2.45, 2.75) is 65.2 Å². The summed E-state index contributed by atoms with van der Waals surface area (Å²) in [6.07, 6.45) is 10.3. The summed E-state index contributed by atoms with van der Waals surface area (Å²) in [5.41, 5.74) is 0. The Morgan fingerprint density at radius 3 is 1.59 bits per heavy atom. The average Bonchev–Trinajstić information content (AvgIpc) is 2.26. The van der Waals surface area contributed by atoms with Crippen LogP contribution in [-0.4, -0.2) is 22.3 Å². The molecule has 0 rings (SSSR count). The molecule has 0 atom stereocenters. The maximum Gasteiger partial charge on any atom is 1.00 e. The Kier molecular flexibility index (Phi) is 18.2. The first-order valence-electron chi connectivity index (χ1n) is 6.68. The zero-order valence-corrected chi connectivity index (χ0v) is 15.5. The van der Waals surface area contributed by atoms with E-state index in [1.165, 1.54) is 51.4 Å². The SMILES string of the molecule is CCCCCCN(CCCCCC)C(=S)[S-].[Na+]. The molecular formula is C13H26NNaS2. The van der Waals surface area contributed by atoms with Crippen molar-refractivity contribution in [1.82, 2.24) is 4.90 Å². The van der Waals surface area contributed by atoms with Gasteiger partial charge in [-0.25, -0.2) is 0 Å². The van der Waals surface area contributed by atoms with Crippen LogP contribution in [0.3, 0.4) is 0 Å². The molecule has 0 aromatic rings. The third kappa shape index (κ3) is 13.3. The van der Waals surface area contributed by atoms with Crippen LogP contribution < -0.4 is 29.6 Å². The molecule has 0 bridgehead atoms. The van der Waals surface area contributed by atoms with Crippen LogP contribution in [0.15, 0.2) is 0 Å². The van der Waals surface area contributed by atoms with Crippen molar-refractivity contribution in [2.75, 3.05) is 13.1 Å². The van der Waals surface area contributed by atoms with Crippen LogP contribution >= 0.6 is 12.2 Å². The average molecular weight is 283 g/mol. The molecule has 1 nitrogen and oxygen atoms in total. The smallest absolute Gasteiger partial charge is 0.411 e. The molecule has 0 amide bonds. The Balaban J connectivity index is 0. The molecule has 96 valence electrons. The van der Waals surface area contributed by atoms with Crippen molar-refractivity contribution in [3.63, 3.8) is 0 Å². The van der Waals surface area contributed by atoms with E-state index in [0.717, 1.165) is 13.1 Å². The molecule has 0 aromatic heterocycles. The van der Waals surface area contributed by atoms with Gasteiger partial charge in [-0.2, -0.15) is 0 Å². The van der Waals surface area contributed by atoms with Crippen molar-refractivity contribution in [1.29, 1.82) is 0 Å². The Morgan fingerprint density at radius 2 is 1.29 bits per heavy atom. The second-order valence-electron chi connectivity index (χ2n) is 4.37. The van der Waals surface area contributed by atoms with E-state index in [0.29, 0.717) is 4.32 Å². The molecule has 0 aliphatic heterocycles. The van der Waals surface area contributed by atoms with Crippen molar-refractivity contribution < 1.29 is 29.6 Å². The normalized spacial score (nSPS) is 9.76. The molecule has 0 unspecified atom stereocenters. The summed E-state index contributed by atoms with van der Waals surface area (Å²) in [6, 6.07) is 0. The second-order valence-corrected chi connectivity index (χ2v) is 5.41. The molecule has 17 heavy (non-hydrogen) atoms. The van der Waals surface area contributed by atoms with Gasteiger partial charge in [0, 0.05) is 13.1 Å². The molecule has 0 aliphatic rings. The van der Waals surface area contributed by atoms with E-state index in [1.54, 1.807) is 0 Å². The minimum absolute atomic E-state index is 0. The Bertz CT molecular complexity index is 165. The summed E-state index contributed by atoms with van der Waals surface area (Å²) in [6.45, 7) is 6.60. The van der Waals surface area contributed by atoms with E-state index in [1.807, 2.05) is 0 Å². The van der Waals surface area contributed by atoms with Gasteiger partial charge in [0.25, 0.3) is 0 Å². The van der Waals surface area contributed by atoms with Crippen LogP contribution in [0.2, 0.25) is 0 Å². The molecule has 0 aromatic carbocycles. The van der Waals surface area contributed by atoms with Gasteiger partial charge in [0.15, 0.2) is 0 Å². The van der Waals surface area contributed by atoms with E-state index in [-0.39, 0.29) is 29.6 Å². The first-order valence-corrected chi connectivity index (χ1v) is 7.50. The van der Waals surface area contributed by atoms with E-state index in [9.17, 15) is 0 Å². The maximum absolute atomic E-state index is 5.11. The van der Waals surface area contributed by atoms with Gasteiger partial charge < -0.3 is 29.7 Å². The Morgan fingerprint density at radius 1 is 0.882 bits per heavy atom. The van der Waals surface area contributed by atoms with Gasteiger partial charge in [-0.05, 0) is 12.8 Å². The summed E-state index contributed by atoms with van der Waals surface area (Å²) >= 11 is 10.2. The third-order valence-corrected chi connectivity index (χ3v) is 3.34. The molecular weight excluding hydrogens is 257 g/mol. The molecule has 4 heteroatoms. The van der Waals surface area contributed by atoms with Gasteiger partial charge in [0.1, 0.15) is 0 Å². The minimum atomic E-state index is 0. The fraction of sp³-hybridized carbons (Fsp3) is 0.923. The van der Waals surface area contributed by atoms with Crippen molar-refractivity contribution in [3.05, 3.63) is 0 Å². The summed E-state index contributed by atoms with van der Waals surface area (Å²) < 4.78 is 0.660. The summed E-state index contributed by atoms with van der Waals surface area (Å²) in [7, 11) is 0. The van der Waals surface area contributed by atoms with Gasteiger partial charge in [0.05, 0.1) is 0 Å². The van der Waals surface area contributed by atoms with Gasteiger partial charge >= 0.3 is 29.6 Å². The van der Waals surface area contributed by atoms with Crippen LogP contribution in [0.4, 0.5) is 0 Å². The number of nitrogens with zero attached hydrogens (tertiary/aromatic N) is 1. The summed E-state index contributed by atoms with van der Waals surface area (Å²) in [4.78, 5) is 2.20. The van der Waals surface area contributed by atoms with Gasteiger partial charge in [-0.1, -0.05) is 56.7 Å². The van der Waals surface area contributed by atoms with Crippen molar-refractivity contribution in [2.24, 2.45) is 0 Å². The number of unbranched alkanes of at least 4 members (excludes halogenated alkanes) is 6. The predicted octanol–water partition coefficient (Wildman–Crippen LogP) is 1.28. The van der Waals surface area contributed by atoms with E-state index in [4.69, 9.17) is 24.8 Å². The molecule has 0 heterocycles. The number of hydrogen-bond donors (Lipinski definition) is 0. The fourth-order valence-corrected chi connectivity index (χ4v) is 2.12. The van der Waals surface area contributed by atoms with Gasteiger partial charge in [-0.3, -0.25) is 0 Å². The number of hydrogen-bond acceptors (Lipinski definition) is 2. The largest absolute Gasteiger partial charge is 1.00 e.